The number of carbonyl (C=O) groups excluding carboxylic acids is 4. The molecule has 180 valence electrons. The summed E-state index contributed by atoms with van der Waals surface area (Å²) in [5.74, 6) is -1.01. The van der Waals surface area contributed by atoms with Crippen molar-refractivity contribution in [1.29, 1.82) is 0 Å². The van der Waals surface area contributed by atoms with E-state index in [1.54, 1.807) is 12.4 Å². The molecular weight excluding hydrogens is 424 g/mol. The molecule has 0 radical (unpaired) electrons. The van der Waals surface area contributed by atoms with Crippen molar-refractivity contribution >= 4 is 29.7 Å². The minimum Gasteiger partial charge on any atom is -0.340 e. The van der Waals surface area contributed by atoms with Crippen molar-refractivity contribution in [3.05, 3.63) is 23.4 Å². The second kappa shape index (κ2) is 10.7. The minimum absolute atomic E-state index is 0.0631. The predicted molar refractivity (Wildman–Crippen MR) is 123 cm³/mol. The van der Waals surface area contributed by atoms with Gasteiger partial charge in [0.25, 0.3) is 5.91 Å². The quantitative estimate of drug-likeness (QED) is 0.606. The lowest BCUT2D eigenvalue weighted by molar-refractivity contribution is -0.147. The van der Waals surface area contributed by atoms with Crippen molar-refractivity contribution in [2.24, 2.45) is 0 Å². The van der Waals surface area contributed by atoms with Gasteiger partial charge in [-0.05, 0) is 25.0 Å². The molecule has 0 atom stereocenters. The number of rotatable bonds is 7. The first-order valence-corrected chi connectivity index (χ1v) is 11.6. The molecule has 2 aliphatic heterocycles. The second-order valence-corrected chi connectivity index (χ2v) is 8.81. The van der Waals surface area contributed by atoms with Gasteiger partial charge in [-0.15, -0.1) is 0 Å². The van der Waals surface area contributed by atoms with Crippen molar-refractivity contribution < 1.29 is 19.2 Å². The highest BCUT2D eigenvalue weighted by Gasteiger charge is 2.31. The highest BCUT2D eigenvalue weighted by molar-refractivity contribution is 6.12. The first-order chi connectivity index (χ1) is 15.7. The molecule has 0 saturated carbocycles. The van der Waals surface area contributed by atoms with Crippen LogP contribution < -0.4 is 5.32 Å². The highest BCUT2D eigenvalue weighted by Crippen LogP contribution is 2.22. The molecule has 2 saturated heterocycles. The molecule has 2 aliphatic rings. The largest absolute Gasteiger partial charge is 0.340 e. The number of nitrogens with one attached hydrogen (secondary N) is 1. The zero-order valence-corrected chi connectivity index (χ0v) is 20.0. The van der Waals surface area contributed by atoms with E-state index in [1.807, 2.05) is 11.8 Å². The molecule has 1 N–H and O–H groups in total. The van der Waals surface area contributed by atoms with Gasteiger partial charge >= 0.3 is 0 Å². The van der Waals surface area contributed by atoms with Crippen LogP contribution in [0.3, 0.4) is 0 Å². The van der Waals surface area contributed by atoms with Crippen LogP contribution in [0.1, 0.15) is 57.8 Å². The smallest absolute Gasteiger partial charge is 0.277 e. The standard InChI is InChI=1S/C23H34N6O4/c1-5-21(32)27-11-9-26(10-12-27)7-6-8-28-15-24-18(22(28)16(2)3)13-19-23(33)29(17(4)30)14-20(31)25-19/h13,15-16H,5-12,14H2,1-4H3,(H,25,31)/b19-13-. The first kappa shape index (κ1) is 24.6. The van der Waals surface area contributed by atoms with Gasteiger partial charge in [0, 0.05) is 51.8 Å². The fraction of sp³-hybridized carbons (Fsp3) is 0.609. The van der Waals surface area contributed by atoms with Gasteiger partial charge in [0.2, 0.25) is 17.7 Å². The number of imide groups is 1. The van der Waals surface area contributed by atoms with E-state index in [0.29, 0.717) is 12.1 Å². The lowest BCUT2D eigenvalue weighted by Gasteiger charge is -2.34. The summed E-state index contributed by atoms with van der Waals surface area (Å²) in [4.78, 5) is 57.8. The van der Waals surface area contributed by atoms with Crippen LogP contribution >= 0.6 is 0 Å². The van der Waals surface area contributed by atoms with E-state index < -0.39 is 17.7 Å². The monoisotopic (exact) mass is 458 g/mol. The molecule has 10 heteroatoms. The van der Waals surface area contributed by atoms with Crippen LogP contribution in [0.4, 0.5) is 0 Å². The summed E-state index contributed by atoms with van der Waals surface area (Å²) in [6, 6.07) is 0. The Balaban J connectivity index is 1.65. The van der Waals surface area contributed by atoms with Crippen molar-refractivity contribution in [3.8, 4) is 0 Å². The number of hydrogen-bond donors (Lipinski definition) is 1. The molecule has 3 heterocycles. The Bertz CT molecular complexity index is 943. The summed E-state index contributed by atoms with van der Waals surface area (Å²) >= 11 is 0. The fourth-order valence-electron chi connectivity index (χ4n) is 4.33. The number of amides is 4. The molecular formula is C23H34N6O4. The van der Waals surface area contributed by atoms with E-state index in [1.165, 1.54) is 6.92 Å². The van der Waals surface area contributed by atoms with E-state index in [-0.39, 0.29) is 24.1 Å². The van der Waals surface area contributed by atoms with Crippen LogP contribution in [0.15, 0.2) is 12.0 Å². The number of aromatic nitrogens is 2. The number of hydrogen-bond acceptors (Lipinski definition) is 6. The van der Waals surface area contributed by atoms with Gasteiger partial charge in [-0.2, -0.15) is 0 Å². The normalized spacial score (nSPS) is 18.9. The number of carbonyl (C=O) groups is 4. The molecule has 2 fully saturated rings. The Morgan fingerprint density at radius 3 is 2.45 bits per heavy atom. The summed E-state index contributed by atoms with van der Waals surface area (Å²) in [6.45, 7) is 12.1. The average Bonchev–Trinajstić information content (AvgIpc) is 3.18. The first-order valence-electron chi connectivity index (χ1n) is 11.6. The van der Waals surface area contributed by atoms with Crippen molar-refractivity contribution in [2.45, 2.75) is 53.0 Å². The Morgan fingerprint density at radius 2 is 1.85 bits per heavy atom. The molecule has 10 nitrogen and oxygen atoms in total. The van der Waals surface area contributed by atoms with Gasteiger partial charge in [0.1, 0.15) is 12.2 Å². The second-order valence-electron chi connectivity index (χ2n) is 8.81. The van der Waals surface area contributed by atoms with Crippen LogP contribution in [0, 0.1) is 0 Å². The molecule has 0 spiro atoms. The van der Waals surface area contributed by atoms with E-state index in [0.717, 1.165) is 56.3 Å². The van der Waals surface area contributed by atoms with Gasteiger partial charge in [-0.3, -0.25) is 29.0 Å². The zero-order chi connectivity index (χ0) is 24.1. The number of imidazole rings is 1. The SMILES string of the molecule is CCC(=O)N1CCN(CCCn2cnc(/C=C3\NC(=O)CN(C(C)=O)C3=O)c2C(C)C)CC1. The molecule has 3 rings (SSSR count). The molecule has 1 aromatic heterocycles. The molecule has 0 aromatic carbocycles. The highest BCUT2D eigenvalue weighted by atomic mass is 16.2. The van der Waals surface area contributed by atoms with Crippen LogP contribution in [0.25, 0.3) is 6.08 Å². The summed E-state index contributed by atoms with van der Waals surface area (Å²) in [7, 11) is 0. The third-order valence-electron chi connectivity index (χ3n) is 6.07. The van der Waals surface area contributed by atoms with Crippen molar-refractivity contribution in [3.63, 3.8) is 0 Å². The Labute approximate surface area is 194 Å². The third kappa shape index (κ3) is 5.87. The van der Waals surface area contributed by atoms with Crippen LogP contribution in [-0.2, 0) is 25.7 Å². The topological polar surface area (TPSA) is 108 Å². The average molecular weight is 459 g/mol. The maximum absolute atomic E-state index is 12.6. The van der Waals surface area contributed by atoms with E-state index >= 15 is 0 Å². The van der Waals surface area contributed by atoms with Crippen LogP contribution in [0.2, 0.25) is 0 Å². The van der Waals surface area contributed by atoms with Gasteiger partial charge in [0.05, 0.1) is 12.0 Å². The third-order valence-corrected chi connectivity index (χ3v) is 6.07. The van der Waals surface area contributed by atoms with E-state index in [9.17, 15) is 19.2 Å². The zero-order valence-electron chi connectivity index (χ0n) is 20.0. The summed E-state index contributed by atoms with van der Waals surface area (Å²) in [5, 5.41) is 2.57. The lowest BCUT2D eigenvalue weighted by Crippen LogP contribution is -2.51. The lowest BCUT2D eigenvalue weighted by atomic mass is 10.1. The fourth-order valence-corrected chi connectivity index (χ4v) is 4.33. The molecule has 4 amide bonds. The number of nitrogens with zero attached hydrogens (tertiary/aromatic N) is 5. The maximum atomic E-state index is 12.6. The van der Waals surface area contributed by atoms with Gasteiger partial charge in [0.15, 0.2) is 0 Å². The molecule has 1 aromatic rings. The van der Waals surface area contributed by atoms with Crippen LogP contribution in [-0.4, -0.2) is 87.1 Å². The van der Waals surface area contributed by atoms with Gasteiger partial charge in [-0.1, -0.05) is 20.8 Å². The Hall–Kier alpha value is -3.01. The predicted octanol–water partition coefficient (Wildman–Crippen LogP) is 0.797. The number of piperazine rings is 2. The van der Waals surface area contributed by atoms with Gasteiger partial charge in [-0.25, -0.2) is 4.98 Å². The van der Waals surface area contributed by atoms with Gasteiger partial charge < -0.3 is 14.8 Å². The molecule has 0 aliphatic carbocycles. The van der Waals surface area contributed by atoms with E-state index in [2.05, 4.69) is 33.6 Å². The van der Waals surface area contributed by atoms with Crippen LogP contribution in [0.5, 0.6) is 0 Å². The summed E-state index contributed by atoms with van der Waals surface area (Å²) in [5.41, 5.74) is 1.65. The minimum atomic E-state index is -0.521. The number of aryl methyl sites for hydroxylation is 1. The van der Waals surface area contributed by atoms with E-state index in [4.69, 9.17) is 0 Å². The Kier molecular flexibility index (Phi) is 8.01. The Morgan fingerprint density at radius 1 is 1.15 bits per heavy atom. The van der Waals surface area contributed by atoms with Crippen molar-refractivity contribution in [2.75, 3.05) is 39.3 Å². The molecule has 0 unspecified atom stereocenters. The summed E-state index contributed by atoms with van der Waals surface area (Å²) < 4.78 is 2.09. The maximum Gasteiger partial charge on any atom is 0.277 e. The molecule has 33 heavy (non-hydrogen) atoms. The van der Waals surface area contributed by atoms with Crippen molar-refractivity contribution in [1.82, 2.24) is 29.6 Å². The molecule has 0 bridgehead atoms. The summed E-state index contributed by atoms with van der Waals surface area (Å²) in [6.07, 6.45) is 4.81.